The molecule has 1 amide bonds. The first kappa shape index (κ1) is 19.3. The second-order valence-corrected chi connectivity index (χ2v) is 6.74. The Hall–Kier alpha value is -4.07. The number of hydrogen-bond acceptors (Lipinski definition) is 3. The number of halogens is 2. The molecule has 4 rings (SSSR count). The number of rotatable bonds is 5. The van der Waals surface area contributed by atoms with Crippen LogP contribution in [0.25, 0.3) is 10.9 Å². The number of fused-ring (bicyclic) bond motifs is 1. The number of nitrogens with one attached hydrogen (secondary N) is 2. The van der Waals surface area contributed by atoms with E-state index in [1.807, 2.05) is 0 Å². The summed E-state index contributed by atoms with van der Waals surface area (Å²) in [4.78, 5) is 23.4. The number of H-pyrrole nitrogens is 1. The van der Waals surface area contributed by atoms with E-state index in [1.165, 1.54) is 36.4 Å². The number of benzene rings is 3. The maximum absolute atomic E-state index is 13.4. The largest absolute Gasteiger partial charge is 0.478 e. The first-order chi connectivity index (χ1) is 14.4. The maximum atomic E-state index is 13.4. The van der Waals surface area contributed by atoms with E-state index in [-0.39, 0.29) is 11.1 Å². The van der Waals surface area contributed by atoms with Crippen LogP contribution in [0, 0.1) is 11.6 Å². The molecule has 8 heteroatoms. The van der Waals surface area contributed by atoms with Gasteiger partial charge in [0, 0.05) is 17.0 Å². The van der Waals surface area contributed by atoms with Gasteiger partial charge in [0.1, 0.15) is 11.6 Å². The van der Waals surface area contributed by atoms with Crippen LogP contribution in [0.5, 0.6) is 0 Å². The molecule has 1 aromatic heterocycles. The molecule has 0 spiro atoms. The van der Waals surface area contributed by atoms with Crippen molar-refractivity contribution in [2.45, 2.75) is 6.42 Å². The number of aromatic carboxylic acids is 1. The van der Waals surface area contributed by atoms with E-state index < -0.39 is 23.5 Å². The predicted molar refractivity (Wildman–Crippen MR) is 107 cm³/mol. The van der Waals surface area contributed by atoms with Crippen LogP contribution in [0.2, 0.25) is 0 Å². The average molecular weight is 407 g/mol. The zero-order valence-electron chi connectivity index (χ0n) is 15.4. The Morgan fingerprint density at radius 2 is 1.57 bits per heavy atom. The molecule has 0 saturated carbocycles. The minimum absolute atomic E-state index is 0.0789. The summed E-state index contributed by atoms with van der Waals surface area (Å²) in [6.07, 6.45) is 0.305. The van der Waals surface area contributed by atoms with Gasteiger partial charge in [0.25, 0.3) is 5.91 Å². The molecule has 0 atom stereocenters. The zero-order valence-corrected chi connectivity index (χ0v) is 15.4. The van der Waals surface area contributed by atoms with E-state index in [1.54, 1.807) is 18.2 Å². The van der Waals surface area contributed by atoms with E-state index in [2.05, 4.69) is 15.5 Å². The van der Waals surface area contributed by atoms with Crippen LogP contribution in [0.1, 0.15) is 31.8 Å². The lowest BCUT2D eigenvalue weighted by Crippen LogP contribution is -2.12. The molecule has 0 saturated heterocycles. The van der Waals surface area contributed by atoms with Crippen molar-refractivity contribution in [1.82, 2.24) is 10.2 Å². The Morgan fingerprint density at radius 1 is 0.900 bits per heavy atom. The highest BCUT2D eigenvalue weighted by Crippen LogP contribution is 2.24. The third kappa shape index (κ3) is 4.02. The third-order valence-corrected chi connectivity index (χ3v) is 4.58. The summed E-state index contributed by atoms with van der Waals surface area (Å²) in [5.74, 6) is -2.51. The number of aromatic nitrogens is 2. The highest BCUT2D eigenvalue weighted by Gasteiger charge is 2.13. The highest BCUT2D eigenvalue weighted by molar-refractivity contribution is 6.08. The van der Waals surface area contributed by atoms with Crippen LogP contribution in [-0.4, -0.2) is 27.2 Å². The van der Waals surface area contributed by atoms with Gasteiger partial charge < -0.3 is 10.4 Å². The maximum Gasteiger partial charge on any atom is 0.335 e. The summed E-state index contributed by atoms with van der Waals surface area (Å²) >= 11 is 0. The lowest BCUT2D eigenvalue weighted by Gasteiger charge is -2.05. The number of nitrogens with zero attached hydrogens (tertiary/aromatic N) is 1. The van der Waals surface area contributed by atoms with Crippen LogP contribution in [0.15, 0.2) is 60.7 Å². The molecule has 0 aliphatic carbocycles. The molecule has 30 heavy (non-hydrogen) atoms. The van der Waals surface area contributed by atoms with Crippen molar-refractivity contribution < 1.29 is 23.5 Å². The molecule has 0 radical (unpaired) electrons. The van der Waals surface area contributed by atoms with Crippen molar-refractivity contribution in [3.63, 3.8) is 0 Å². The third-order valence-electron chi connectivity index (χ3n) is 4.58. The minimum Gasteiger partial charge on any atom is -0.478 e. The van der Waals surface area contributed by atoms with E-state index >= 15 is 0 Å². The SMILES string of the molecule is O=C(O)c1ccc(C(=O)Nc2n[nH]c3ccc(Cc4cc(F)cc(F)c4)cc23)cc1. The standard InChI is InChI=1S/C22H15F2N3O3/c23-16-8-13(9-17(24)11-16)7-12-1-6-19-18(10-12)20(27-26-19)25-21(28)14-2-4-15(5-3-14)22(29)30/h1-6,8-11H,7H2,(H,29,30)(H2,25,26,27,28). The first-order valence-electron chi connectivity index (χ1n) is 8.96. The first-order valence-corrected chi connectivity index (χ1v) is 8.96. The minimum atomic E-state index is -1.08. The molecule has 0 fully saturated rings. The highest BCUT2D eigenvalue weighted by atomic mass is 19.1. The van der Waals surface area contributed by atoms with Crippen molar-refractivity contribution in [1.29, 1.82) is 0 Å². The molecular formula is C22H15F2N3O3. The lowest BCUT2D eigenvalue weighted by molar-refractivity contribution is 0.0696. The molecule has 4 aromatic rings. The number of hydrogen-bond donors (Lipinski definition) is 3. The predicted octanol–water partition coefficient (Wildman–Crippen LogP) is 4.38. The fourth-order valence-corrected chi connectivity index (χ4v) is 3.16. The van der Waals surface area contributed by atoms with Crippen LogP contribution >= 0.6 is 0 Å². The second kappa shape index (κ2) is 7.75. The van der Waals surface area contributed by atoms with Gasteiger partial charge in [0.15, 0.2) is 5.82 Å². The Morgan fingerprint density at radius 3 is 2.23 bits per heavy atom. The molecule has 0 bridgehead atoms. The van der Waals surface area contributed by atoms with Crippen molar-refractivity contribution in [3.05, 3.63) is 94.6 Å². The van der Waals surface area contributed by atoms with Crippen LogP contribution in [-0.2, 0) is 6.42 Å². The van der Waals surface area contributed by atoms with Crippen LogP contribution in [0.3, 0.4) is 0 Å². The fraction of sp³-hybridized carbons (Fsp3) is 0.0455. The summed E-state index contributed by atoms with van der Waals surface area (Å²) < 4.78 is 26.9. The summed E-state index contributed by atoms with van der Waals surface area (Å²) in [5, 5.41) is 19.2. The van der Waals surface area contributed by atoms with Gasteiger partial charge in [-0.15, -0.1) is 0 Å². The molecule has 1 heterocycles. The summed E-state index contributed by atoms with van der Waals surface area (Å²) in [6, 6.07) is 14.2. The van der Waals surface area contributed by atoms with Gasteiger partial charge in [-0.05, 0) is 66.1 Å². The van der Waals surface area contributed by atoms with Crippen molar-refractivity contribution in [2.75, 3.05) is 5.32 Å². The van der Waals surface area contributed by atoms with Gasteiger partial charge in [-0.25, -0.2) is 13.6 Å². The molecule has 0 aliphatic rings. The monoisotopic (exact) mass is 407 g/mol. The number of amides is 1. The normalized spacial score (nSPS) is 10.9. The van der Waals surface area contributed by atoms with E-state index in [0.29, 0.717) is 28.7 Å². The van der Waals surface area contributed by atoms with Crippen LogP contribution < -0.4 is 5.32 Å². The molecular weight excluding hydrogens is 392 g/mol. The lowest BCUT2D eigenvalue weighted by atomic mass is 10.0. The van der Waals surface area contributed by atoms with Gasteiger partial charge in [-0.3, -0.25) is 9.89 Å². The van der Waals surface area contributed by atoms with Gasteiger partial charge in [-0.2, -0.15) is 5.10 Å². The molecule has 6 nitrogen and oxygen atoms in total. The molecule has 3 N–H and O–H groups in total. The number of aromatic amines is 1. The fourth-order valence-electron chi connectivity index (χ4n) is 3.16. The average Bonchev–Trinajstić information content (AvgIpc) is 3.09. The number of carbonyl (C=O) groups excluding carboxylic acids is 1. The van der Waals surface area contributed by atoms with Gasteiger partial charge in [-0.1, -0.05) is 6.07 Å². The zero-order chi connectivity index (χ0) is 21.3. The van der Waals surface area contributed by atoms with Crippen molar-refractivity contribution in [3.8, 4) is 0 Å². The number of carboxylic acids is 1. The van der Waals surface area contributed by atoms with E-state index in [0.717, 1.165) is 11.6 Å². The molecule has 150 valence electrons. The Bertz CT molecular complexity index is 1250. The summed E-state index contributed by atoms with van der Waals surface area (Å²) in [7, 11) is 0. The smallest absolute Gasteiger partial charge is 0.335 e. The summed E-state index contributed by atoms with van der Waals surface area (Å²) in [6.45, 7) is 0. The van der Waals surface area contributed by atoms with E-state index in [4.69, 9.17) is 5.11 Å². The Balaban J connectivity index is 1.58. The topological polar surface area (TPSA) is 95.1 Å². The number of carboxylic acid groups (broad SMARTS) is 1. The molecule has 0 unspecified atom stereocenters. The Labute approximate surface area is 169 Å². The Kier molecular flexibility index (Phi) is 4.97. The van der Waals surface area contributed by atoms with Crippen LogP contribution in [0.4, 0.5) is 14.6 Å². The summed E-state index contributed by atoms with van der Waals surface area (Å²) in [5.41, 5.74) is 2.31. The molecule has 3 aromatic carbocycles. The van der Waals surface area contributed by atoms with Gasteiger partial charge in [0.2, 0.25) is 0 Å². The van der Waals surface area contributed by atoms with Crippen molar-refractivity contribution in [2.24, 2.45) is 0 Å². The van der Waals surface area contributed by atoms with E-state index in [9.17, 15) is 18.4 Å². The van der Waals surface area contributed by atoms with Gasteiger partial charge in [0.05, 0.1) is 11.1 Å². The number of carbonyl (C=O) groups is 2. The van der Waals surface area contributed by atoms with Gasteiger partial charge >= 0.3 is 5.97 Å². The molecule has 0 aliphatic heterocycles. The second-order valence-electron chi connectivity index (χ2n) is 6.74. The van der Waals surface area contributed by atoms with Crippen molar-refractivity contribution >= 4 is 28.6 Å². The number of anilines is 1. The quantitative estimate of drug-likeness (QED) is 0.458.